The fourth-order valence-electron chi connectivity index (χ4n) is 1.28. The third kappa shape index (κ3) is 2.06. The van der Waals surface area contributed by atoms with Crippen molar-refractivity contribution in [3.63, 3.8) is 0 Å². The van der Waals surface area contributed by atoms with Crippen molar-refractivity contribution in [3.05, 3.63) is 12.7 Å². The van der Waals surface area contributed by atoms with Gasteiger partial charge in [0, 0.05) is 25.7 Å². The number of amides is 1. The molecule has 68 valence electrons. The Morgan fingerprint density at radius 2 is 2.58 bits per heavy atom. The van der Waals surface area contributed by atoms with Gasteiger partial charge in [0.25, 0.3) is 0 Å². The number of piperazine rings is 1. The Morgan fingerprint density at radius 1 is 1.83 bits per heavy atom. The first-order valence-corrected chi connectivity index (χ1v) is 4.03. The topological polar surface area (TPSA) is 52.6 Å². The van der Waals surface area contributed by atoms with E-state index in [2.05, 4.69) is 11.9 Å². The molecule has 0 aromatic rings. The minimum Gasteiger partial charge on any atom is -0.395 e. The van der Waals surface area contributed by atoms with Gasteiger partial charge in [0.1, 0.15) is 0 Å². The zero-order valence-corrected chi connectivity index (χ0v) is 6.99. The van der Waals surface area contributed by atoms with E-state index in [1.165, 1.54) is 6.08 Å². The van der Waals surface area contributed by atoms with E-state index < -0.39 is 0 Å². The molecule has 1 unspecified atom stereocenters. The molecule has 0 radical (unpaired) electrons. The second-order valence-electron chi connectivity index (χ2n) is 2.82. The van der Waals surface area contributed by atoms with Crippen molar-refractivity contribution in [2.45, 2.75) is 6.04 Å². The van der Waals surface area contributed by atoms with E-state index >= 15 is 0 Å². The van der Waals surface area contributed by atoms with Crippen molar-refractivity contribution in [3.8, 4) is 0 Å². The van der Waals surface area contributed by atoms with Gasteiger partial charge in [0.2, 0.25) is 5.91 Å². The monoisotopic (exact) mass is 170 g/mol. The molecule has 1 heterocycles. The number of nitrogens with one attached hydrogen (secondary N) is 1. The Hall–Kier alpha value is -0.870. The first-order chi connectivity index (χ1) is 5.77. The van der Waals surface area contributed by atoms with Crippen LogP contribution >= 0.6 is 0 Å². The van der Waals surface area contributed by atoms with Crippen molar-refractivity contribution < 1.29 is 9.90 Å². The highest BCUT2D eigenvalue weighted by Gasteiger charge is 2.20. The molecule has 4 nitrogen and oxygen atoms in total. The first-order valence-electron chi connectivity index (χ1n) is 4.03. The molecular formula is C8H14N2O2. The third-order valence-electron chi connectivity index (χ3n) is 1.96. The molecule has 0 aromatic carbocycles. The molecule has 0 aliphatic carbocycles. The van der Waals surface area contributed by atoms with Crippen LogP contribution in [0.2, 0.25) is 0 Å². The van der Waals surface area contributed by atoms with Gasteiger partial charge in [-0.05, 0) is 6.08 Å². The lowest BCUT2D eigenvalue weighted by Crippen LogP contribution is -2.53. The molecule has 4 heteroatoms. The van der Waals surface area contributed by atoms with E-state index in [9.17, 15) is 4.79 Å². The van der Waals surface area contributed by atoms with Crippen LogP contribution in [0.15, 0.2) is 12.7 Å². The van der Waals surface area contributed by atoms with Crippen LogP contribution in [-0.4, -0.2) is 48.2 Å². The Labute approximate surface area is 71.9 Å². The Balaban J connectivity index is 2.45. The highest BCUT2D eigenvalue weighted by Crippen LogP contribution is 1.99. The van der Waals surface area contributed by atoms with Gasteiger partial charge in [-0.2, -0.15) is 0 Å². The summed E-state index contributed by atoms with van der Waals surface area (Å²) in [7, 11) is 0. The van der Waals surface area contributed by atoms with Crippen LogP contribution in [0.25, 0.3) is 0 Å². The van der Waals surface area contributed by atoms with E-state index in [0.717, 1.165) is 6.54 Å². The summed E-state index contributed by atoms with van der Waals surface area (Å²) in [6.45, 7) is 5.49. The van der Waals surface area contributed by atoms with Gasteiger partial charge >= 0.3 is 0 Å². The number of aliphatic hydroxyl groups is 1. The lowest BCUT2D eigenvalue weighted by Gasteiger charge is -2.31. The molecule has 0 aromatic heterocycles. The second kappa shape index (κ2) is 4.23. The number of aliphatic hydroxyl groups excluding tert-OH is 1. The molecule has 1 atom stereocenters. The predicted octanol–water partition coefficient (Wildman–Crippen LogP) is -1.03. The van der Waals surface area contributed by atoms with Crippen LogP contribution in [0.3, 0.4) is 0 Å². The van der Waals surface area contributed by atoms with E-state index in [1.54, 1.807) is 4.90 Å². The number of rotatable bonds is 2. The van der Waals surface area contributed by atoms with E-state index in [0.29, 0.717) is 13.1 Å². The lowest BCUT2D eigenvalue weighted by atomic mass is 10.2. The number of carbonyl (C=O) groups excluding carboxylic acids is 1. The van der Waals surface area contributed by atoms with Crippen LogP contribution in [0.4, 0.5) is 0 Å². The van der Waals surface area contributed by atoms with Crippen LogP contribution in [0.1, 0.15) is 0 Å². The van der Waals surface area contributed by atoms with Gasteiger partial charge in [0.05, 0.1) is 6.61 Å². The molecule has 2 N–H and O–H groups in total. The number of carbonyl (C=O) groups is 1. The van der Waals surface area contributed by atoms with Gasteiger partial charge in [0.15, 0.2) is 0 Å². The largest absolute Gasteiger partial charge is 0.395 e. The Bertz CT molecular complexity index is 182. The van der Waals surface area contributed by atoms with Crippen LogP contribution in [0.5, 0.6) is 0 Å². The predicted molar refractivity (Wildman–Crippen MR) is 45.7 cm³/mol. The molecule has 0 bridgehead atoms. The lowest BCUT2D eigenvalue weighted by molar-refractivity contribution is -0.127. The fraction of sp³-hybridized carbons (Fsp3) is 0.625. The molecular weight excluding hydrogens is 156 g/mol. The third-order valence-corrected chi connectivity index (χ3v) is 1.96. The first kappa shape index (κ1) is 9.22. The minimum atomic E-state index is -0.0602. The van der Waals surface area contributed by atoms with Crippen molar-refractivity contribution in [2.75, 3.05) is 26.2 Å². The normalized spacial score (nSPS) is 23.8. The van der Waals surface area contributed by atoms with Crippen LogP contribution < -0.4 is 5.32 Å². The minimum absolute atomic E-state index is 0.0163. The zero-order valence-electron chi connectivity index (χ0n) is 6.99. The van der Waals surface area contributed by atoms with E-state index in [-0.39, 0.29) is 18.6 Å². The van der Waals surface area contributed by atoms with Crippen molar-refractivity contribution in [1.29, 1.82) is 0 Å². The summed E-state index contributed by atoms with van der Waals surface area (Å²) in [6.07, 6.45) is 1.31. The summed E-state index contributed by atoms with van der Waals surface area (Å²) in [5.74, 6) is -0.0602. The summed E-state index contributed by atoms with van der Waals surface area (Å²) in [5, 5.41) is 11.9. The van der Waals surface area contributed by atoms with Gasteiger partial charge < -0.3 is 15.3 Å². The molecule has 1 fully saturated rings. The van der Waals surface area contributed by atoms with Crippen molar-refractivity contribution in [2.24, 2.45) is 0 Å². The molecule has 0 saturated carbocycles. The summed E-state index contributed by atoms with van der Waals surface area (Å²) in [4.78, 5) is 12.8. The van der Waals surface area contributed by atoms with Gasteiger partial charge in [-0.1, -0.05) is 6.58 Å². The smallest absolute Gasteiger partial charge is 0.246 e. The maximum atomic E-state index is 11.1. The number of hydrogen-bond acceptors (Lipinski definition) is 3. The molecule has 1 aliphatic heterocycles. The fourth-order valence-corrected chi connectivity index (χ4v) is 1.28. The quantitative estimate of drug-likeness (QED) is 0.521. The molecule has 1 aliphatic rings. The maximum absolute atomic E-state index is 11.1. The average molecular weight is 170 g/mol. The molecule has 12 heavy (non-hydrogen) atoms. The van der Waals surface area contributed by atoms with Crippen molar-refractivity contribution >= 4 is 5.91 Å². The van der Waals surface area contributed by atoms with Crippen LogP contribution in [0, 0.1) is 0 Å². The number of hydrogen-bond donors (Lipinski definition) is 2. The average Bonchev–Trinajstić information content (AvgIpc) is 2.17. The summed E-state index contributed by atoms with van der Waals surface area (Å²) in [5.41, 5.74) is 0. The highest BCUT2D eigenvalue weighted by molar-refractivity contribution is 5.87. The maximum Gasteiger partial charge on any atom is 0.246 e. The highest BCUT2D eigenvalue weighted by atomic mass is 16.3. The Kier molecular flexibility index (Phi) is 3.25. The van der Waals surface area contributed by atoms with Gasteiger partial charge in [-0.15, -0.1) is 0 Å². The molecule has 1 rings (SSSR count). The molecule has 1 saturated heterocycles. The van der Waals surface area contributed by atoms with Crippen molar-refractivity contribution in [1.82, 2.24) is 10.2 Å². The Morgan fingerprint density at radius 3 is 3.17 bits per heavy atom. The SMILES string of the molecule is C=CC(=O)N1CCNC(CO)C1. The molecule has 0 spiro atoms. The summed E-state index contributed by atoms with van der Waals surface area (Å²) in [6, 6.07) is 0.0163. The zero-order chi connectivity index (χ0) is 8.97. The van der Waals surface area contributed by atoms with E-state index in [1.807, 2.05) is 0 Å². The van der Waals surface area contributed by atoms with Gasteiger partial charge in [-0.3, -0.25) is 4.79 Å². The van der Waals surface area contributed by atoms with E-state index in [4.69, 9.17) is 5.11 Å². The summed E-state index contributed by atoms with van der Waals surface area (Å²) >= 11 is 0. The number of nitrogens with zero attached hydrogens (tertiary/aromatic N) is 1. The standard InChI is InChI=1S/C8H14N2O2/c1-2-8(12)10-4-3-9-7(5-10)6-11/h2,7,9,11H,1,3-6H2. The second-order valence-corrected chi connectivity index (χ2v) is 2.82. The van der Waals surface area contributed by atoms with Crippen LogP contribution in [-0.2, 0) is 4.79 Å². The molecule has 1 amide bonds. The summed E-state index contributed by atoms with van der Waals surface area (Å²) < 4.78 is 0. The van der Waals surface area contributed by atoms with Gasteiger partial charge in [-0.25, -0.2) is 0 Å².